The van der Waals surface area contributed by atoms with Crippen LogP contribution in [-0.2, 0) is 16.6 Å². The Morgan fingerprint density at radius 1 is 1.44 bits per heavy atom. The fourth-order valence-corrected chi connectivity index (χ4v) is 2.46. The molecule has 6 nitrogen and oxygen atoms in total. The van der Waals surface area contributed by atoms with E-state index in [-0.39, 0.29) is 11.4 Å². The summed E-state index contributed by atoms with van der Waals surface area (Å²) in [6.45, 7) is 0.191. The van der Waals surface area contributed by atoms with Crippen LogP contribution in [-0.4, -0.2) is 25.7 Å². The first-order valence-corrected chi connectivity index (χ1v) is 6.71. The first-order chi connectivity index (χ1) is 8.62. The van der Waals surface area contributed by atoms with Crippen LogP contribution in [0.2, 0.25) is 0 Å². The first-order valence-electron chi connectivity index (χ1n) is 5.23. The van der Waals surface area contributed by atoms with Crippen molar-refractivity contribution < 1.29 is 13.2 Å². The molecule has 2 aromatic rings. The van der Waals surface area contributed by atoms with Crippen molar-refractivity contribution >= 4 is 10.0 Å². The molecule has 0 saturated carbocycles. The van der Waals surface area contributed by atoms with Crippen LogP contribution in [0.1, 0.15) is 5.56 Å². The second-order valence-corrected chi connectivity index (χ2v) is 5.38. The van der Waals surface area contributed by atoms with Gasteiger partial charge >= 0.3 is 0 Å². The highest BCUT2D eigenvalue weighted by Gasteiger charge is 2.14. The molecule has 0 aliphatic carbocycles. The molecular formula is C11H13N3O3S. The summed E-state index contributed by atoms with van der Waals surface area (Å²) >= 11 is 0. The fraction of sp³-hybridized carbons (Fsp3) is 0.182. The molecule has 0 radical (unpaired) electrons. The Hall–Kier alpha value is -1.86. The average Bonchev–Trinajstić information content (AvgIpc) is 2.90. The molecular weight excluding hydrogens is 254 g/mol. The largest absolute Gasteiger partial charge is 0.497 e. The fourth-order valence-electron chi connectivity index (χ4n) is 1.40. The van der Waals surface area contributed by atoms with Gasteiger partial charge in [-0.2, -0.15) is 5.10 Å². The van der Waals surface area contributed by atoms with Crippen LogP contribution in [0, 0.1) is 0 Å². The SMILES string of the molecule is COc1cccc(S(=O)(=O)NCc2cn[nH]c2)c1. The molecule has 18 heavy (non-hydrogen) atoms. The third-order valence-electron chi connectivity index (χ3n) is 2.37. The van der Waals surface area contributed by atoms with Gasteiger partial charge in [0, 0.05) is 24.4 Å². The number of methoxy groups -OCH3 is 1. The monoisotopic (exact) mass is 267 g/mol. The lowest BCUT2D eigenvalue weighted by Gasteiger charge is -2.07. The zero-order valence-electron chi connectivity index (χ0n) is 9.75. The molecule has 1 aromatic heterocycles. The van der Waals surface area contributed by atoms with Crippen LogP contribution >= 0.6 is 0 Å². The number of aromatic amines is 1. The summed E-state index contributed by atoms with van der Waals surface area (Å²) in [7, 11) is -2.05. The average molecular weight is 267 g/mol. The number of hydrogen-bond acceptors (Lipinski definition) is 4. The molecule has 0 spiro atoms. The normalized spacial score (nSPS) is 11.4. The maximum atomic E-state index is 12.0. The minimum Gasteiger partial charge on any atom is -0.497 e. The summed E-state index contributed by atoms with van der Waals surface area (Å²) in [5, 5.41) is 6.36. The summed E-state index contributed by atoms with van der Waals surface area (Å²) in [4.78, 5) is 0.172. The van der Waals surface area contributed by atoms with Crippen molar-refractivity contribution in [1.29, 1.82) is 0 Å². The van der Waals surface area contributed by atoms with Crippen LogP contribution in [0.5, 0.6) is 5.75 Å². The van der Waals surface area contributed by atoms with Gasteiger partial charge in [0.2, 0.25) is 10.0 Å². The van der Waals surface area contributed by atoms with E-state index in [0.29, 0.717) is 5.75 Å². The van der Waals surface area contributed by atoms with Crippen molar-refractivity contribution in [2.24, 2.45) is 0 Å². The number of H-pyrrole nitrogens is 1. The molecule has 0 bridgehead atoms. The smallest absolute Gasteiger partial charge is 0.241 e. The lowest BCUT2D eigenvalue weighted by molar-refractivity contribution is 0.413. The zero-order valence-corrected chi connectivity index (χ0v) is 10.6. The van der Waals surface area contributed by atoms with E-state index in [1.807, 2.05) is 0 Å². The quantitative estimate of drug-likeness (QED) is 0.843. The molecule has 0 aliphatic rings. The number of aromatic nitrogens is 2. The van der Waals surface area contributed by atoms with Crippen LogP contribution < -0.4 is 9.46 Å². The highest BCUT2D eigenvalue weighted by molar-refractivity contribution is 7.89. The van der Waals surface area contributed by atoms with Crippen LogP contribution in [0.15, 0.2) is 41.6 Å². The second-order valence-electron chi connectivity index (χ2n) is 3.61. The zero-order chi connectivity index (χ0) is 13.0. The highest BCUT2D eigenvalue weighted by atomic mass is 32.2. The number of benzene rings is 1. The molecule has 1 heterocycles. The van der Waals surface area contributed by atoms with Crippen molar-refractivity contribution in [3.8, 4) is 5.75 Å². The maximum absolute atomic E-state index is 12.0. The predicted octanol–water partition coefficient (Wildman–Crippen LogP) is 0.897. The van der Waals surface area contributed by atoms with Gasteiger partial charge in [-0.05, 0) is 12.1 Å². The summed E-state index contributed by atoms with van der Waals surface area (Å²) < 4.78 is 31.5. The summed E-state index contributed by atoms with van der Waals surface area (Å²) in [6.07, 6.45) is 3.20. The van der Waals surface area contributed by atoms with Crippen molar-refractivity contribution in [3.63, 3.8) is 0 Å². The minimum atomic E-state index is -3.54. The van der Waals surface area contributed by atoms with Gasteiger partial charge in [0.15, 0.2) is 0 Å². The van der Waals surface area contributed by atoms with Crippen LogP contribution in [0.4, 0.5) is 0 Å². The standard InChI is InChI=1S/C11H13N3O3S/c1-17-10-3-2-4-11(5-10)18(15,16)14-8-9-6-12-13-7-9/h2-7,14H,8H2,1H3,(H,12,13). The van der Waals surface area contributed by atoms with Crippen LogP contribution in [0.25, 0.3) is 0 Å². The molecule has 1 aromatic carbocycles. The summed E-state index contributed by atoms with van der Waals surface area (Å²) in [5.74, 6) is 0.501. The number of ether oxygens (including phenoxy) is 1. The molecule has 0 unspecified atom stereocenters. The van der Waals surface area contributed by atoms with Gasteiger partial charge in [-0.3, -0.25) is 5.10 Å². The first kappa shape index (κ1) is 12.6. The van der Waals surface area contributed by atoms with E-state index in [1.165, 1.54) is 19.2 Å². The minimum absolute atomic E-state index is 0.172. The van der Waals surface area contributed by atoms with Gasteiger partial charge in [-0.15, -0.1) is 0 Å². The van der Waals surface area contributed by atoms with Crippen molar-refractivity contribution in [2.45, 2.75) is 11.4 Å². The molecule has 0 aliphatic heterocycles. The van der Waals surface area contributed by atoms with E-state index in [9.17, 15) is 8.42 Å². The van der Waals surface area contributed by atoms with Gasteiger partial charge in [-0.25, -0.2) is 13.1 Å². The molecule has 0 atom stereocenters. The van der Waals surface area contributed by atoms with E-state index in [2.05, 4.69) is 14.9 Å². The highest BCUT2D eigenvalue weighted by Crippen LogP contribution is 2.16. The molecule has 0 saturated heterocycles. The molecule has 0 fully saturated rings. The predicted molar refractivity (Wildman–Crippen MR) is 65.6 cm³/mol. The summed E-state index contributed by atoms with van der Waals surface area (Å²) in [5.41, 5.74) is 0.765. The number of nitrogens with one attached hydrogen (secondary N) is 2. The second kappa shape index (κ2) is 5.19. The molecule has 2 N–H and O–H groups in total. The van der Waals surface area contributed by atoms with E-state index < -0.39 is 10.0 Å². The van der Waals surface area contributed by atoms with E-state index in [4.69, 9.17) is 4.74 Å². The molecule has 7 heteroatoms. The number of hydrogen-bond donors (Lipinski definition) is 2. The third-order valence-corrected chi connectivity index (χ3v) is 3.77. The maximum Gasteiger partial charge on any atom is 0.241 e. The van der Waals surface area contributed by atoms with Crippen molar-refractivity contribution in [1.82, 2.24) is 14.9 Å². The van der Waals surface area contributed by atoms with E-state index in [0.717, 1.165) is 5.56 Å². The Bertz CT molecular complexity index is 608. The van der Waals surface area contributed by atoms with Gasteiger partial charge in [-0.1, -0.05) is 6.07 Å². The van der Waals surface area contributed by atoms with Gasteiger partial charge in [0.25, 0.3) is 0 Å². The lowest BCUT2D eigenvalue weighted by atomic mass is 10.3. The Kier molecular flexibility index (Phi) is 3.63. The van der Waals surface area contributed by atoms with Crippen molar-refractivity contribution in [3.05, 3.63) is 42.2 Å². The number of nitrogens with zero attached hydrogens (tertiary/aromatic N) is 1. The Morgan fingerprint density at radius 2 is 2.28 bits per heavy atom. The Labute approximate surface area is 105 Å². The molecule has 2 rings (SSSR count). The van der Waals surface area contributed by atoms with Gasteiger partial charge in [0.1, 0.15) is 5.75 Å². The summed E-state index contributed by atoms with van der Waals surface area (Å²) in [6, 6.07) is 6.30. The Morgan fingerprint density at radius 3 is 2.94 bits per heavy atom. The topological polar surface area (TPSA) is 84.1 Å². The van der Waals surface area contributed by atoms with E-state index >= 15 is 0 Å². The third kappa shape index (κ3) is 2.88. The van der Waals surface area contributed by atoms with Crippen molar-refractivity contribution in [2.75, 3.05) is 7.11 Å². The van der Waals surface area contributed by atoms with Crippen LogP contribution in [0.3, 0.4) is 0 Å². The van der Waals surface area contributed by atoms with Gasteiger partial charge < -0.3 is 4.74 Å². The number of rotatable bonds is 5. The number of sulfonamides is 1. The van der Waals surface area contributed by atoms with E-state index in [1.54, 1.807) is 24.5 Å². The molecule has 96 valence electrons. The Balaban J connectivity index is 2.14. The lowest BCUT2D eigenvalue weighted by Crippen LogP contribution is -2.23. The molecule has 0 amide bonds. The van der Waals surface area contributed by atoms with Gasteiger partial charge in [0.05, 0.1) is 18.2 Å².